The van der Waals surface area contributed by atoms with Gasteiger partial charge < -0.3 is 19.5 Å². The summed E-state index contributed by atoms with van der Waals surface area (Å²) in [6.45, 7) is 0.348. The van der Waals surface area contributed by atoms with Gasteiger partial charge in [-0.05, 0) is 43.9 Å². The summed E-state index contributed by atoms with van der Waals surface area (Å²) in [4.78, 5) is 27.3. The van der Waals surface area contributed by atoms with Crippen LogP contribution in [0.25, 0.3) is 0 Å². The quantitative estimate of drug-likeness (QED) is 0.582. The lowest BCUT2D eigenvalue weighted by Gasteiger charge is -2.24. The normalized spacial score (nSPS) is 13.1. The summed E-state index contributed by atoms with van der Waals surface area (Å²) < 4.78 is 10.6. The highest BCUT2D eigenvalue weighted by atomic mass is 16.3. The van der Waals surface area contributed by atoms with E-state index in [0.29, 0.717) is 13.0 Å². The van der Waals surface area contributed by atoms with Crippen LogP contribution in [-0.2, 0) is 11.2 Å². The van der Waals surface area contributed by atoms with E-state index in [0.717, 1.165) is 11.3 Å². The molecule has 3 aromatic rings. The minimum Gasteiger partial charge on any atom is -0.468 e. The molecule has 3 rings (SSSR count). The summed E-state index contributed by atoms with van der Waals surface area (Å²) in [7, 11) is 3.83. The lowest BCUT2D eigenvalue weighted by Crippen LogP contribution is -2.49. The van der Waals surface area contributed by atoms with Crippen molar-refractivity contribution < 1.29 is 18.4 Å². The van der Waals surface area contributed by atoms with Gasteiger partial charge in [0.05, 0.1) is 18.6 Å². The molecule has 0 aliphatic heterocycles. The molecule has 0 saturated heterocycles. The molecule has 0 spiro atoms. The van der Waals surface area contributed by atoms with Crippen molar-refractivity contribution in [2.45, 2.75) is 18.5 Å². The molecule has 0 saturated carbocycles. The molecule has 0 bridgehead atoms. The number of likely N-dealkylation sites (N-methyl/N-ethyl adjacent to an activating group) is 1. The topological polar surface area (TPSA) is 87.7 Å². The Balaban J connectivity index is 1.70. The first kappa shape index (κ1) is 20.4. The number of hydrogen-bond donors (Lipinski definition) is 2. The third-order valence-electron chi connectivity index (χ3n) is 4.61. The van der Waals surface area contributed by atoms with Gasteiger partial charge in [-0.15, -0.1) is 0 Å². The molecule has 152 valence electrons. The highest BCUT2D eigenvalue weighted by Crippen LogP contribution is 2.17. The minimum atomic E-state index is -0.741. The molecule has 0 aliphatic rings. The van der Waals surface area contributed by atoms with Gasteiger partial charge in [-0.2, -0.15) is 0 Å². The molecule has 2 atom stereocenters. The second kappa shape index (κ2) is 9.75. The summed E-state index contributed by atoms with van der Waals surface area (Å²) in [6.07, 6.45) is 3.40. The van der Waals surface area contributed by atoms with E-state index in [2.05, 4.69) is 10.6 Å². The Labute approximate surface area is 169 Å². The third kappa shape index (κ3) is 5.58. The molecule has 2 amide bonds. The molecule has 0 unspecified atom stereocenters. The van der Waals surface area contributed by atoms with Gasteiger partial charge in [-0.3, -0.25) is 14.5 Å². The molecule has 2 N–H and O–H groups in total. The van der Waals surface area contributed by atoms with Crippen molar-refractivity contribution in [3.05, 3.63) is 84.2 Å². The molecule has 7 heteroatoms. The van der Waals surface area contributed by atoms with Gasteiger partial charge >= 0.3 is 0 Å². The maximum atomic E-state index is 12.9. The number of carbonyl (C=O) groups is 2. The van der Waals surface area contributed by atoms with Crippen molar-refractivity contribution in [3.8, 4) is 0 Å². The van der Waals surface area contributed by atoms with Crippen LogP contribution in [0.15, 0.2) is 76.0 Å². The van der Waals surface area contributed by atoms with Crippen molar-refractivity contribution in [2.24, 2.45) is 0 Å². The number of nitrogens with one attached hydrogen (secondary N) is 2. The molecule has 0 radical (unpaired) electrons. The summed E-state index contributed by atoms with van der Waals surface area (Å²) in [6, 6.07) is 15.6. The summed E-state index contributed by atoms with van der Waals surface area (Å²) in [5, 5.41) is 5.71. The predicted octanol–water partition coefficient (Wildman–Crippen LogP) is 2.63. The Morgan fingerprint density at radius 2 is 1.69 bits per heavy atom. The van der Waals surface area contributed by atoms with Crippen LogP contribution in [0, 0.1) is 0 Å². The Hall–Kier alpha value is -3.32. The number of benzene rings is 1. The van der Waals surface area contributed by atoms with Crippen molar-refractivity contribution in [3.63, 3.8) is 0 Å². The fraction of sp³-hybridized carbons (Fsp3) is 0.273. The van der Waals surface area contributed by atoms with E-state index in [9.17, 15) is 9.59 Å². The average molecular weight is 395 g/mol. The van der Waals surface area contributed by atoms with E-state index in [1.807, 2.05) is 61.5 Å². The van der Waals surface area contributed by atoms with Gasteiger partial charge in [-0.1, -0.05) is 30.3 Å². The zero-order valence-electron chi connectivity index (χ0n) is 16.5. The average Bonchev–Trinajstić information content (AvgIpc) is 3.42. The lowest BCUT2D eigenvalue weighted by atomic mass is 10.0. The zero-order chi connectivity index (χ0) is 20.6. The number of carbonyl (C=O) groups excluding carboxylic acids is 2. The lowest BCUT2D eigenvalue weighted by molar-refractivity contribution is -0.123. The number of hydrogen-bond acceptors (Lipinski definition) is 5. The van der Waals surface area contributed by atoms with E-state index in [4.69, 9.17) is 8.83 Å². The van der Waals surface area contributed by atoms with E-state index in [1.165, 1.54) is 6.26 Å². The zero-order valence-corrected chi connectivity index (χ0v) is 16.5. The highest BCUT2D eigenvalue weighted by Gasteiger charge is 2.25. The van der Waals surface area contributed by atoms with Crippen LogP contribution >= 0.6 is 0 Å². The van der Waals surface area contributed by atoms with Crippen molar-refractivity contribution in [1.82, 2.24) is 15.5 Å². The maximum Gasteiger partial charge on any atom is 0.287 e. The Morgan fingerprint density at radius 3 is 2.31 bits per heavy atom. The second-order valence-corrected chi connectivity index (χ2v) is 6.93. The summed E-state index contributed by atoms with van der Waals surface area (Å²) in [5.74, 6) is 0.223. The SMILES string of the molecule is CN(C)[C@@H](CNC(=O)[C@@H](Cc1ccccc1)NC(=O)c1ccco1)c1ccco1. The van der Waals surface area contributed by atoms with E-state index < -0.39 is 11.9 Å². The first-order valence-corrected chi connectivity index (χ1v) is 9.40. The molecule has 0 fully saturated rings. The third-order valence-corrected chi connectivity index (χ3v) is 4.61. The molecular weight excluding hydrogens is 370 g/mol. The van der Waals surface area contributed by atoms with Crippen LogP contribution < -0.4 is 10.6 Å². The largest absolute Gasteiger partial charge is 0.468 e. The molecule has 2 aromatic heterocycles. The van der Waals surface area contributed by atoms with Gasteiger partial charge in [0.2, 0.25) is 5.91 Å². The fourth-order valence-electron chi connectivity index (χ4n) is 3.04. The van der Waals surface area contributed by atoms with Gasteiger partial charge in [0.15, 0.2) is 5.76 Å². The van der Waals surface area contributed by atoms with Gasteiger partial charge in [-0.25, -0.2) is 0 Å². The van der Waals surface area contributed by atoms with Crippen LogP contribution in [0.4, 0.5) is 0 Å². The molecular formula is C22H25N3O4. The summed E-state index contributed by atoms with van der Waals surface area (Å²) >= 11 is 0. The standard InChI is InChI=1S/C22H25N3O4/c1-25(2)18(19-10-6-12-28-19)15-23-21(26)17(14-16-8-4-3-5-9-16)24-22(27)20-11-7-13-29-20/h3-13,17-18H,14-15H2,1-2H3,(H,23,26)(H,24,27)/t17-,18+/m1/s1. The van der Waals surface area contributed by atoms with Crippen LogP contribution in [-0.4, -0.2) is 43.4 Å². The fourth-order valence-corrected chi connectivity index (χ4v) is 3.04. The van der Waals surface area contributed by atoms with Crippen LogP contribution in [0.1, 0.15) is 27.9 Å². The van der Waals surface area contributed by atoms with Crippen LogP contribution in [0.3, 0.4) is 0 Å². The molecule has 1 aromatic carbocycles. The first-order valence-electron chi connectivity index (χ1n) is 9.40. The Bertz CT molecular complexity index is 890. The predicted molar refractivity (Wildman–Crippen MR) is 108 cm³/mol. The van der Waals surface area contributed by atoms with Crippen molar-refractivity contribution in [1.29, 1.82) is 0 Å². The smallest absolute Gasteiger partial charge is 0.287 e. The van der Waals surface area contributed by atoms with Crippen molar-refractivity contribution in [2.75, 3.05) is 20.6 Å². The highest BCUT2D eigenvalue weighted by molar-refractivity contribution is 5.95. The Morgan fingerprint density at radius 1 is 0.966 bits per heavy atom. The Kier molecular flexibility index (Phi) is 6.86. The molecule has 7 nitrogen and oxygen atoms in total. The van der Waals surface area contributed by atoms with Gasteiger partial charge in [0.1, 0.15) is 11.8 Å². The molecule has 0 aliphatic carbocycles. The number of furan rings is 2. The van der Waals surface area contributed by atoms with Crippen molar-refractivity contribution >= 4 is 11.8 Å². The summed E-state index contributed by atoms with van der Waals surface area (Å²) in [5.41, 5.74) is 0.947. The first-order chi connectivity index (χ1) is 14.0. The maximum absolute atomic E-state index is 12.9. The van der Waals surface area contributed by atoms with Crippen LogP contribution in [0.2, 0.25) is 0 Å². The molecule has 2 heterocycles. The van der Waals surface area contributed by atoms with E-state index >= 15 is 0 Å². The number of amides is 2. The number of nitrogens with zero attached hydrogens (tertiary/aromatic N) is 1. The number of rotatable bonds is 9. The van der Waals surface area contributed by atoms with Gasteiger partial charge in [0.25, 0.3) is 5.91 Å². The van der Waals surface area contributed by atoms with Gasteiger partial charge in [0, 0.05) is 13.0 Å². The monoisotopic (exact) mass is 395 g/mol. The van der Waals surface area contributed by atoms with Crippen LogP contribution in [0.5, 0.6) is 0 Å². The second-order valence-electron chi connectivity index (χ2n) is 6.93. The van der Waals surface area contributed by atoms with E-state index in [-0.39, 0.29) is 17.7 Å². The molecule has 29 heavy (non-hydrogen) atoms. The van der Waals surface area contributed by atoms with E-state index in [1.54, 1.807) is 18.4 Å². The minimum absolute atomic E-state index is 0.118.